The molecule has 0 spiro atoms. The average Bonchev–Trinajstić information content (AvgIpc) is 2.98. The number of amides is 1. The molecule has 20 heavy (non-hydrogen) atoms. The zero-order valence-corrected chi connectivity index (χ0v) is 12.2. The zero-order chi connectivity index (χ0) is 14.5. The number of ether oxygens (including phenoxy) is 1. The Morgan fingerprint density at radius 3 is 2.90 bits per heavy atom. The summed E-state index contributed by atoms with van der Waals surface area (Å²) in [4.78, 5) is 23.6. The lowest BCUT2D eigenvalue weighted by atomic mass is 9.93. The van der Waals surface area contributed by atoms with Crippen LogP contribution in [0.2, 0.25) is 0 Å². The number of hydrogen-bond donors (Lipinski definition) is 2. The van der Waals surface area contributed by atoms with Crippen LogP contribution in [-0.4, -0.2) is 36.2 Å². The van der Waals surface area contributed by atoms with Gasteiger partial charge in [-0.05, 0) is 42.2 Å². The van der Waals surface area contributed by atoms with E-state index in [1.54, 1.807) is 6.92 Å². The quantitative estimate of drug-likeness (QED) is 0.869. The van der Waals surface area contributed by atoms with E-state index in [0.717, 1.165) is 18.4 Å². The molecular formula is C14H19NO4S. The second kappa shape index (κ2) is 6.85. The molecule has 110 valence electrons. The predicted octanol–water partition coefficient (Wildman–Crippen LogP) is 1.85. The van der Waals surface area contributed by atoms with Crippen molar-refractivity contribution in [1.29, 1.82) is 0 Å². The van der Waals surface area contributed by atoms with E-state index in [9.17, 15) is 14.7 Å². The lowest BCUT2D eigenvalue weighted by molar-refractivity contribution is -0.145. The van der Waals surface area contributed by atoms with Crippen LogP contribution in [0.25, 0.3) is 0 Å². The van der Waals surface area contributed by atoms with Crippen molar-refractivity contribution >= 4 is 23.2 Å². The first kappa shape index (κ1) is 15.0. The van der Waals surface area contributed by atoms with Crippen LogP contribution in [0.1, 0.15) is 31.2 Å². The van der Waals surface area contributed by atoms with Crippen LogP contribution in [-0.2, 0) is 14.3 Å². The van der Waals surface area contributed by atoms with Gasteiger partial charge in [0.05, 0.1) is 12.5 Å². The summed E-state index contributed by atoms with van der Waals surface area (Å²) in [7, 11) is 0. The molecule has 0 aliphatic carbocycles. The number of nitrogens with one attached hydrogen (secondary N) is 1. The molecule has 0 aromatic carbocycles. The number of carboxylic acids is 1. The first-order valence-electron chi connectivity index (χ1n) is 6.72. The van der Waals surface area contributed by atoms with Crippen LogP contribution in [0.4, 0.5) is 0 Å². The number of aliphatic carboxylic acids is 1. The second-order valence-electron chi connectivity index (χ2n) is 5.08. The number of rotatable bonds is 5. The molecule has 6 heteroatoms. The number of carbonyl (C=O) groups excluding carboxylic acids is 1. The van der Waals surface area contributed by atoms with Crippen molar-refractivity contribution in [1.82, 2.24) is 5.32 Å². The average molecular weight is 297 g/mol. The van der Waals surface area contributed by atoms with Crippen molar-refractivity contribution in [3.05, 3.63) is 22.4 Å². The highest BCUT2D eigenvalue weighted by molar-refractivity contribution is 7.08. The maximum Gasteiger partial charge on any atom is 0.326 e. The zero-order valence-electron chi connectivity index (χ0n) is 11.4. The van der Waals surface area contributed by atoms with Crippen molar-refractivity contribution in [2.75, 3.05) is 13.2 Å². The summed E-state index contributed by atoms with van der Waals surface area (Å²) in [6.07, 6.45) is 1.61. The number of hydrogen-bond acceptors (Lipinski definition) is 4. The van der Waals surface area contributed by atoms with Crippen molar-refractivity contribution in [3.8, 4) is 0 Å². The van der Waals surface area contributed by atoms with E-state index in [2.05, 4.69) is 5.32 Å². The largest absolute Gasteiger partial charge is 0.480 e. The lowest BCUT2D eigenvalue weighted by Gasteiger charge is -2.28. The second-order valence-corrected chi connectivity index (χ2v) is 5.86. The molecule has 0 saturated carbocycles. The molecule has 0 bridgehead atoms. The topological polar surface area (TPSA) is 75.6 Å². The molecular weight excluding hydrogens is 278 g/mol. The highest BCUT2D eigenvalue weighted by atomic mass is 32.1. The van der Waals surface area contributed by atoms with Crippen LogP contribution in [0, 0.1) is 5.92 Å². The third kappa shape index (κ3) is 3.58. The summed E-state index contributed by atoms with van der Waals surface area (Å²) in [5, 5.41) is 15.8. The Morgan fingerprint density at radius 1 is 1.55 bits per heavy atom. The molecule has 1 aliphatic rings. The first-order chi connectivity index (χ1) is 9.59. The molecule has 5 nitrogen and oxygen atoms in total. The van der Waals surface area contributed by atoms with E-state index in [1.807, 2.05) is 16.8 Å². The molecule has 1 aliphatic heterocycles. The fourth-order valence-corrected chi connectivity index (χ4v) is 3.11. The minimum atomic E-state index is -0.994. The summed E-state index contributed by atoms with van der Waals surface area (Å²) in [6, 6.07) is 1.01. The van der Waals surface area contributed by atoms with Gasteiger partial charge in [0.2, 0.25) is 5.91 Å². The number of thiophene rings is 1. The van der Waals surface area contributed by atoms with Gasteiger partial charge in [0, 0.05) is 12.5 Å². The Bertz CT molecular complexity index is 454. The van der Waals surface area contributed by atoms with Crippen molar-refractivity contribution in [2.45, 2.75) is 31.7 Å². The fraction of sp³-hybridized carbons (Fsp3) is 0.571. The van der Waals surface area contributed by atoms with Crippen LogP contribution >= 0.6 is 11.3 Å². The summed E-state index contributed by atoms with van der Waals surface area (Å²) < 4.78 is 5.31. The Balaban J connectivity index is 2.00. The molecule has 3 atom stereocenters. The molecule has 1 aromatic heterocycles. The lowest BCUT2D eigenvalue weighted by Crippen LogP contribution is -2.49. The number of carboxylic acid groups (broad SMARTS) is 1. The van der Waals surface area contributed by atoms with E-state index >= 15 is 0 Å². The molecule has 1 aromatic rings. The van der Waals surface area contributed by atoms with Crippen molar-refractivity contribution < 1.29 is 19.4 Å². The normalized spacial score (nSPS) is 21.9. The first-order valence-corrected chi connectivity index (χ1v) is 7.67. The summed E-state index contributed by atoms with van der Waals surface area (Å²) in [6.45, 7) is 2.85. The highest BCUT2D eigenvalue weighted by Crippen LogP contribution is 2.21. The summed E-state index contributed by atoms with van der Waals surface area (Å²) in [5.74, 6) is -1.74. The van der Waals surface area contributed by atoms with Gasteiger partial charge in [-0.2, -0.15) is 11.3 Å². The van der Waals surface area contributed by atoms with Gasteiger partial charge in [-0.25, -0.2) is 4.79 Å². The minimum absolute atomic E-state index is 0.153. The van der Waals surface area contributed by atoms with E-state index in [-0.39, 0.29) is 17.7 Å². The van der Waals surface area contributed by atoms with Crippen LogP contribution in [0.15, 0.2) is 16.8 Å². The van der Waals surface area contributed by atoms with Gasteiger partial charge in [-0.1, -0.05) is 0 Å². The van der Waals surface area contributed by atoms with Crippen molar-refractivity contribution in [3.63, 3.8) is 0 Å². The minimum Gasteiger partial charge on any atom is -0.480 e. The maximum atomic E-state index is 12.2. The summed E-state index contributed by atoms with van der Waals surface area (Å²) >= 11 is 1.52. The van der Waals surface area contributed by atoms with E-state index < -0.39 is 12.0 Å². The van der Waals surface area contributed by atoms with Gasteiger partial charge >= 0.3 is 5.97 Å². The highest BCUT2D eigenvalue weighted by Gasteiger charge is 2.32. The fourth-order valence-electron chi connectivity index (χ4n) is 2.36. The standard InChI is InChI=1S/C14H19NO4S/c1-9(11-4-6-20-8-11)13(16)15-12(14(17)18)10-3-2-5-19-7-10/h4,6,8-10,12H,2-3,5,7H2,1H3,(H,15,16)(H,17,18). The molecule has 3 unspecified atom stereocenters. The Labute approximate surface area is 121 Å². The van der Waals surface area contributed by atoms with E-state index in [4.69, 9.17) is 4.74 Å². The molecule has 1 fully saturated rings. The van der Waals surface area contributed by atoms with Gasteiger partial charge in [0.25, 0.3) is 0 Å². The Hall–Kier alpha value is -1.40. The molecule has 2 rings (SSSR count). The van der Waals surface area contributed by atoms with E-state index in [1.165, 1.54) is 11.3 Å². The molecule has 1 amide bonds. The smallest absolute Gasteiger partial charge is 0.326 e. The number of carbonyl (C=O) groups is 2. The molecule has 2 heterocycles. The van der Waals surface area contributed by atoms with Gasteiger partial charge < -0.3 is 15.2 Å². The van der Waals surface area contributed by atoms with Gasteiger partial charge in [-0.3, -0.25) is 4.79 Å². The maximum absolute atomic E-state index is 12.2. The van der Waals surface area contributed by atoms with Crippen LogP contribution in [0.5, 0.6) is 0 Å². The predicted molar refractivity (Wildman–Crippen MR) is 75.8 cm³/mol. The van der Waals surface area contributed by atoms with Crippen LogP contribution in [0.3, 0.4) is 0 Å². The summed E-state index contributed by atoms with van der Waals surface area (Å²) in [5.41, 5.74) is 0.913. The van der Waals surface area contributed by atoms with Gasteiger partial charge in [-0.15, -0.1) is 0 Å². The third-order valence-corrected chi connectivity index (χ3v) is 4.37. The molecule has 0 radical (unpaired) electrons. The monoisotopic (exact) mass is 297 g/mol. The SMILES string of the molecule is CC(C(=O)NC(C(=O)O)C1CCCOC1)c1ccsc1. The Kier molecular flexibility index (Phi) is 5.14. The molecule has 2 N–H and O–H groups in total. The van der Waals surface area contributed by atoms with Gasteiger partial charge in [0.1, 0.15) is 6.04 Å². The van der Waals surface area contributed by atoms with E-state index in [0.29, 0.717) is 13.2 Å². The molecule has 1 saturated heterocycles. The third-order valence-electron chi connectivity index (χ3n) is 3.67. The van der Waals surface area contributed by atoms with Gasteiger partial charge in [0.15, 0.2) is 0 Å². The van der Waals surface area contributed by atoms with Crippen molar-refractivity contribution in [2.24, 2.45) is 5.92 Å². The Morgan fingerprint density at radius 2 is 2.35 bits per heavy atom. The van der Waals surface area contributed by atoms with Crippen LogP contribution < -0.4 is 5.32 Å².